The molecule has 0 amide bonds. The van der Waals surface area contributed by atoms with Crippen LogP contribution in [0, 0.1) is 0 Å². The normalized spacial score (nSPS) is 11.8. The zero-order chi connectivity index (χ0) is 13.9. The fourth-order valence-corrected chi connectivity index (χ4v) is 1.54. The van der Waals surface area contributed by atoms with Crippen molar-refractivity contribution in [2.75, 3.05) is 5.73 Å². The molecule has 0 spiro atoms. The van der Waals surface area contributed by atoms with E-state index in [1.165, 1.54) is 12.1 Å². The number of benzene rings is 1. The fraction of sp³-hybridized carbons (Fsp3) is 0.100. The molecule has 1 rings (SSSR count). The maximum atomic E-state index is 12.0. The van der Waals surface area contributed by atoms with Gasteiger partial charge < -0.3 is 15.6 Å². The summed E-state index contributed by atoms with van der Waals surface area (Å²) in [6.45, 7) is 0. The molecule has 0 fully saturated rings. The SMILES string of the molecule is Nc1c(/C=C/C(=O)O)ccc(OC(F)(F)F)c1Br. The van der Waals surface area contributed by atoms with Gasteiger partial charge in [0.15, 0.2) is 0 Å². The van der Waals surface area contributed by atoms with Gasteiger partial charge in [-0.15, -0.1) is 13.2 Å². The van der Waals surface area contributed by atoms with Crippen molar-refractivity contribution in [2.45, 2.75) is 6.36 Å². The molecule has 0 unspecified atom stereocenters. The zero-order valence-electron chi connectivity index (χ0n) is 8.66. The lowest BCUT2D eigenvalue weighted by Crippen LogP contribution is -2.17. The smallest absolute Gasteiger partial charge is 0.478 e. The number of ether oxygens (including phenoxy) is 1. The number of alkyl halides is 3. The summed E-state index contributed by atoms with van der Waals surface area (Å²) in [6.07, 6.45) is -2.84. The molecule has 8 heteroatoms. The highest BCUT2D eigenvalue weighted by molar-refractivity contribution is 9.10. The zero-order valence-corrected chi connectivity index (χ0v) is 10.2. The largest absolute Gasteiger partial charge is 0.573 e. The Kier molecular flexibility index (Phi) is 4.23. The third kappa shape index (κ3) is 3.95. The predicted octanol–water partition coefficient (Wildman–Crippen LogP) is 3.03. The van der Waals surface area contributed by atoms with Gasteiger partial charge in [-0.3, -0.25) is 0 Å². The average Bonchev–Trinajstić information content (AvgIpc) is 2.22. The first-order valence-corrected chi connectivity index (χ1v) is 5.24. The Morgan fingerprint density at radius 2 is 2.06 bits per heavy atom. The van der Waals surface area contributed by atoms with Gasteiger partial charge in [0, 0.05) is 6.08 Å². The van der Waals surface area contributed by atoms with Crippen LogP contribution in [-0.4, -0.2) is 17.4 Å². The fourth-order valence-electron chi connectivity index (χ4n) is 1.10. The van der Waals surface area contributed by atoms with Crippen molar-refractivity contribution in [2.24, 2.45) is 0 Å². The van der Waals surface area contributed by atoms with Gasteiger partial charge in [0.25, 0.3) is 0 Å². The molecule has 0 aliphatic carbocycles. The van der Waals surface area contributed by atoms with E-state index in [0.717, 1.165) is 12.1 Å². The summed E-state index contributed by atoms with van der Waals surface area (Å²) < 4.78 is 39.7. The van der Waals surface area contributed by atoms with Crippen molar-refractivity contribution in [3.63, 3.8) is 0 Å². The highest BCUT2D eigenvalue weighted by Crippen LogP contribution is 2.36. The van der Waals surface area contributed by atoms with Crippen LogP contribution in [0.25, 0.3) is 6.08 Å². The molecule has 0 heterocycles. The number of nitrogen functional groups attached to an aromatic ring is 1. The van der Waals surface area contributed by atoms with Crippen molar-refractivity contribution < 1.29 is 27.8 Å². The number of carboxylic acids is 1. The Hall–Kier alpha value is -1.70. The third-order valence-corrected chi connectivity index (χ3v) is 2.63. The second-order valence-electron chi connectivity index (χ2n) is 3.10. The Morgan fingerprint density at radius 3 is 2.56 bits per heavy atom. The number of anilines is 1. The lowest BCUT2D eigenvalue weighted by molar-refractivity contribution is -0.274. The average molecular weight is 326 g/mol. The molecule has 0 radical (unpaired) electrons. The summed E-state index contributed by atoms with van der Waals surface area (Å²) in [7, 11) is 0. The summed E-state index contributed by atoms with van der Waals surface area (Å²) >= 11 is 2.86. The molecule has 0 aliphatic heterocycles. The monoisotopic (exact) mass is 325 g/mol. The van der Waals surface area contributed by atoms with E-state index in [-0.39, 0.29) is 15.7 Å². The summed E-state index contributed by atoms with van der Waals surface area (Å²) in [4.78, 5) is 10.3. The highest BCUT2D eigenvalue weighted by atomic mass is 79.9. The van der Waals surface area contributed by atoms with Crippen LogP contribution >= 0.6 is 15.9 Å². The first kappa shape index (κ1) is 14.4. The van der Waals surface area contributed by atoms with Gasteiger partial charge in [0.1, 0.15) is 5.75 Å². The number of aliphatic carboxylic acids is 1. The van der Waals surface area contributed by atoms with Crippen molar-refractivity contribution in [3.05, 3.63) is 28.2 Å². The molecular formula is C10H7BrF3NO3. The van der Waals surface area contributed by atoms with E-state index >= 15 is 0 Å². The van der Waals surface area contributed by atoms with Gasteiger partial charge in [-0.25, -0.2) is 4.79 Å². The number of hydrogen-bond donors (Lipinski definition) is 2. The minimum absolute atomic E-state index is 0.0470. The van der Waals surface area contributed by atoms with Gasteiger partial charge in [-0.1, -0.05) is 0 Å². The Morgan fingerprint density at radius 1 is 1.44 bits per heavy atom. The quantitative estimate of drug-likeness (QED) is 0.661. The van der Waals surface area contributed by atoms with E-state index in [1.54, 1.807) is 0 Å². The van der Waals surface area contributed by atoms with Crippen molar-refractivity contribution in [1.82, 2.24) is 0 Å². The standard InChI is InChI=1S/C10H7BrF3NO3/c11-8-6(18-10(12,13)14)3-1-5(9(8)15)2-4-7(16)17/h1-4H,15H2,(H,16,17)/b4-2+. The first-order valence-electron chi connectivity index (χ1n) is 4.45. The van der Waals surface area contributed by atoms with E-state index < -0.39 is 18.1 Å². The molecule has 0 saturated heterocycles. The summed E-state index contributed by atoms with van der Waals surface area (Å²) in [5.41, 5.74) is 5.77. The molecule has 0 aliphatic rings. The molecule has 0 saturated carbocycles. The summed E-state index contributed by atoms with van der Waals surface area (Å²) in [6, 6.07) is 2.26. The van der Waals surface area contributed by atoms with Crippen LogP contribution < -0.4 is 10.5 Å². The van der Waals surface area contributed by atoms with Gasteiger partial charge in [-0.2, -0.15) is 0 Å². The molecular weight excluding hydrogens is 319 g/mol. The number of rotatable bonds is 3. The Labute approximate surface area is 108 Å². The molecule has 18 heavy (non-hydrogen) atoms. The number of halogens is 4. The number of hydrogen-bond acceptors (Lipinski definition) is 3. The Balaban J connectivity index is 3.09. The van der Waals surface area contributed by atoms with Crippen LogP contribution in [-0.2, 0) is 4.79 Å². The minimum Gasteiger partial charge on any atom is -0.478 e. The van der Waals surface area contributed by atoms with Crippen molar-refractivity contribution in [3.8, 4) is 5.75 Å². The molecule has 4 nitrogen and oxygen atoms in total. The number of nitrogens with two attached hydrogens (primary N) is 1. The first-order chi connectivity index (χ1) is 8.20. The molecule has 0 aromatic heterocycles. The second-order valence-corrected chi connectivity index (χ2v) is 3.89. The van der Waals surface area contributed by atoms with E-state index in [0.29, 0.717) is 0 Å². The topological polar surface area (TPSA) is 72.6 Å². The maximum absolute atomic E-state index is 12.0. The molecule has 98 valence electrons. The van der Waals surface area contributed by atoms with Crippen LogP contribution in [0.15, 0.2) is 22.7 Å². The van der Waals surface area contributed by atoms with Crippen LogP contribution in [0.5, 0.6) is 5.75 Å². The van der Waals surface area contributed by atoms with E-state index in [9.17, 15) is 18.0 Å². The lowest BCUT2D eigenvalue weighted by Gasteiger charge is -2.12. The minimum atomic E-state index is -4.83. The van der Waals surface area contributed by atoms with Crippen molar-refractivity contribution >= 4 is 33.7 Å². The Bertz CT molecular complexity index is 500. The van der Waals surface area contributed by atoms with Gasteiger partial charge in [-0.05, 0) is 39.7 Å². The van der Waals surface area contributed by atoms with E-state index in [1.807, 2.05) is 0 Å². The van der Waals surface area contributed by atoms with Gasteiger partial charge in [0.2, 0.25) is 0 Å². The molecule has 3 N–H and O–H groups in total. The maximum Gasteiger partial charge on any atom is 0.573 e. The second kappa shape index (κ2) is 5.30. The summed E-state index contributed by atoms with van der Waals surface area (Å²) in [5.74, 6) is -1.69. The van der Waals surface area contributed by atoms with Crippen LogP contribution in [0.1, 0.15) is 5.56 Å². The van der Waals surface area contributed by atoms with Crippen LogP contribution in [0.3, 0.4) is 0 Å². The van der Waals surface area contributed by atoms with Crippen molar-refractivity contribution in [1.29, 1.82) is 0 Å². The molecule has 1 aromatic rings. The summed E-state index contributed by atoms with van der Waals surface area (Å²) in [5, 5.41) is 8.43. The van der Waals surface area contributed by atoms with Crippen LogP contribution in [0.4, 0.5) is 18.9 Å². The predicted molar refractivity (Wildman–Crippen MR) is 61.9 cm³/mol. The molecule has 0 bridgehead atoms. The van der Waals surface area contributed by atoms with E-state index in [4.69, 9.17) is 10.8 Å². The number of carbonyl (C=O) groups is 1. The molecule has 0 atom stereocenters. The van der Waals surface area contributed by atoms with Gasteiger partial charge >= 0.3 is 12.3 Å². The van der Waals surface area contributed by atoms with E-state index in [2.05, 4.69) is 20.7 Å². The lowest BCUT2D eigenvalue weighted by atomic mass is 10.1. The van der Waals surface area contributed by atoms with Crippen LogP contribution in [0.2, 0.25) is 0 Å². The molecule has 1 aromatic carbocycles. The third-order valence-electron chi connectivity index (χ3n) is 1.81. The van der Waals surface area contributed by atoms with Gasteiger partial charge in [0.05, 0.1) is 10.2 Å². The highest BCUT2D eigenvalue weighted by Gasteiger charge is 2.32. The number of carboxylic acid groups (broad SMARTS) is 1.